The molecule has 7 heteroatoms. The minimum atomic E-state index is -3.54. The first-order chi connectivity index (χ1) is 15.0. The molecule has 166 valence electrons. The molecule has 0 aliphatic carbocycles. The maximum absolute atomic E-state index is 12.8. The topological polar surface area (TPSA) is 68.2 Å². The van der Waals surface area contributed by atoms with Gasteiger partial charge in [0.25, 0.3) is 0 Å². The smallest absolute Gasteiger partial charge is 0.242 e. The molecule has 6 nitrogen and oxygen atoms in total. The lowest BCUT2D eigenvalue weighted by molar-refractivity contribution is 0.116. The summed E-state index contributed by atoms with van der Waals surface area (Å²) in [5, 5.41) is 0. The van der Waals surface area contributed by atoms with Gasteiger partial charge >= 0.3 is 0 Å². The number of allylic oxidation sites excluding steroid dienone is 1. The molecule has 3 atom stereocenters. The van der Waals surface area contributed by atoms with Crippen LogP contribution in [0.2, 0.25) is 0 Å². The van der Waals surface area contributed by atoms with Crippen molar-refractivity contribution in [1.82, 2.24) is 4.31 Å². The average molecular weight is 443 g/mol. The number of aliphatic imine (C=N–C) groups is 1. The maximum atomic E-state index is 12.8. The highest BCUT2D eigenvalue weighted by Gasteiger charge is 2.35. The molecule has 1 aliphatic rings. The zero-order chi connectivity index (χ0) is 22.3. The third-order valence-electron chi connectivity index (χ3n) is 5.40. The fraction of sp³-hybridized carbons (Fsp3) is 0.375. The zero-order valence-corrected chi connectivity index (χ0v) is 18.9. The molecule has 0 saturated carbocycles. The summed E-state index contributed by atoms with van der Waals surface area (Å²) in [7, 11) is -0.284. The van der Waals surface area contributed by atoms with Crippen molar-refractivity contribution in [3.05, 3.63) is 78.9 Å². The van der Waals surface area contributed by atoms with Crippen LogP contribution in [-0.2, 0) is 19.5 Å². The molecule has 0 amide bonds. The highest BCUT2D eigenvalue weighted by Crippen LogP contribution is 2.33. The molecule has 0 spiro atoms. The molecule has 1 aliphatic heterocycles. The number of hydrogen-bond donors (Lipinski definition) is 0. The monoisotopic (exact) mass is 442 g/mol. The Hall–Kier alpha value is -2.48. The summed E-state index contributed by atoms with van der Waals surface area (Å²) in [6, 6.07) is 18.3. The Kier molecular flexibility index (Phi) is 8.01. The first-order valence-corrected chi connectivity index (χ1v) is 11.8. The van der Waals surface area contributed by atoms with E-state index in [1.54, 1.807) is 44.5 Å². The quantitative estimate of drug-likeness (QED) is 0.492. The van der Waals surface area contributed by atoms with Gasteiger partial charge in [0.2, 0.25) is 10.0 Å². The zero-order valence-electron chi connectivity index (χ0n) is 18.1. The van der Waals surface area contributed by atoms with Crippen molar-refractivity contribution >= 4 is 15.9 Å². The first kappa shape index (κ1) is 23.2. The summed E-state index contributed by atoms with van der Waals surface area (Å²) >= 11 is 0. The van der Waals surface area contributed by atoms with E-state index in [0.29, 0.717) is 31.9 Å². The molecule has 0 N–H and O–H groups in total. The van der Waals surface area contributed by atoms with E-state index in [1.807, 2.05) is 36.4 Å². The average Bonchev–Trinajstić information content (AvgIpc) is 3.21. The summed E-state index contributed by atoms with van der Waals surface area (Å²) in [5.74, 6) is 0.584. The molecule has 0 radical (unpaired) electrons. The van der Waals surface area contributed by atoms with E-state index in [0.717, 1.165) is 5.56 Å². The highest BCUT2D eigenvalue weighted by molar-refractivity contribution is 7.89. The van der Waals surface area contributed by atoms with Crippen LogP contribution >= 0.6 is 0 Å². The first-order valence-electron chi connectivity index (χ1n) is 10.4. The second-order valence-corrected chi connectivity index (χ2v) is 9.63. The SMILES string of the molecule is C=CC[C@H](CCN(C)S(=O)(=O)c1ccccc1)C1=N[C@@H](COC)[C@H](c2ccccc2)O1. The molecule has 0 saturated heterocycles. The van der Waals surface area contributed by atoms with Gasteiger partial charge in [-0.1, -0.05) is 54.6 Å². The number of sulfonamides is 1. The molecular weight excluding hydrogens is 412 g/mol. The molecular formula is C24H30N2O4S. The molecule has 0 fully saturated rings. The van der Waals surface area contributed by atoms with Crippen LogP contribution in [0.3, 0.4) is 0 Å². The number of ether oxygens (including phenoxy) is 2. The van der Waals surface area contributed by atoms with Crippen molar-refractivity contribution in [2.45, 2.75) is 29.9 Å². The molecule has 1 heterocycles. The van der Waals surface area contributed by atoms with Gasteiger partial charge in [-0.25, -0.2) is 17.7 Å². The van der Waals surface area contributed by atoms with Crippen molar-refractivity contribution in [3.8, 4) is 0 Å². The predicted molar refractivity (Wildman–Crippen MR) is 123 cm³/mol. The van der Waals surface area contributed by atoms with Gasteiger partial charge in [-0.3, -0.25) is 0 Å². The van der Waals surface area contributed by atoms with Gasteiger partial charge in [-0.15, -0.1) is 6.58 Å². The van der Waals surface area contributed by atoms with E-state index in [4.69, 9.17) is 14.5 Å². The number of benzene rings is 2. The van der Waals surface area contributed by atoms with Crippen molar-refractivity contribution in [3.63, 3.8) is 0 Å². The van der Waals surface area contributed by atoms with E-state index in [2.05, 4.69) is 6.58 Å². The van der Waals surface area contributed by atoms with Crippen LogP contribution in [0.15, 0.2) is 83.2 Å². The number of nitrogens with zero attached hydrogens (tertiary/aromatic N) is 2. The Morgan fingerprint density at radius 1 is 1.16 bits per heavy atom. The van der Waals surface area contributed by atoms with Crippen LogP contribution in [-0.4, -0.2) is 52.0 Å². The largest absolute Gasteiger partial charge is 0.470 e. The number of rotatable bonds is 11. The van der Waals surface area contributed by atoms with E-state index < -0.39 is 10.0 Å². The molecule has 2 aromatic rings. The Balaban J connectivity index is 1.72. The molecule has 3 rings (SSSR count). The summed E-state index contributed by atoms with van der Waals surface area (Å²) in [6.45, 7) is 4.66. The van der Waals surface area contributed by atoms with Crippen molar-refractivity contribution in [2.75, 3.05) is 27.3 Å². The minimum absolute atomic E-state index is 0.0565. The van der Waals surface area contributed by atoms with Crippen LogP contribution < -0.4 is 0 Å². The Labute approximate surface area is 185 Å². The van der Waals surface area contributed by atoms with Crippen molar-refractivity contribution < 1.29 is 17.9 Å². The van der Waals surface area contributed by atoms with Gasteiger partial charge in [-0.2, -0.15) is 0 Å². The van der Waals surface area contributed by atoms with E-state index in [1.165, 1.54) is 4.31 Å². The molecule has 0 aromatic heterocycles. The standard InChI is InChI=1S/C24H30N2O4S/c1-4-11-20(16-17-26(2)31(27,28)21-14-9-6-10-15-21)24-25-22(18-29-3)23(30-24)19-12-7-5-8-13-19/h4-10,12-15,20,22-23H,1,11,16-18H2,2-3H3/t20-,22+,23+/m1/s1. The lowest BCUT2D eigenvalue weighted by Crippen LogP contribution is -2.30. The molecule has 0 bridgehead atoms. The Bertz CT molecular complexity index is 977. The summed E-state index contributed by atoms with van der Waals surface area (Å²) in [6.07, 6.45) is 2.84. The number of methoxy groups -OCH3 is 1. The fourth-order valence-corrected chi connectivity index (χ4v) is 4.88. The minimum Gasteiger partial charge on any atom is -0.470 e. The van der Waals surface area contributed by atoms with E-state index >= 15 is 0 Å². The van der Waals surface area contributed by atoms with Crippen LogP contribution in [0.25, 0.3) is 0 Å². The Morgan fingerprint density at radius 3 is 2.42 bits per heavy atom. The van der Waals surface area contributed by atoms with Gasteiger partial charge in [0.15, 0.2) is 5.90 Å². The summed E-state index contributed by atoms with van der Waals surface area (Å²) in [4.78, 5) is 5.09. The van der Waals surface area contributed by atoms with E-state index in [9.17, 15) is 8.42 Å². The summed E-state index contributed by atoms with van der Waals surface area (Å²) in [5.41, 5.74) is 1.05. The van der Waals surface area contributed by atoms with Gasteiger partial charge in [0.05, 0.1) is 11.5 Å². The second-order valence-electron chi connectivity index (χ2n) is 7.59. The van der Waals surface area contributed by atoms with Crippen molar-refractivity contribution in [1.29, 1.82) is 0 Å². The lowest BCUT2D eigenvalue weighted by Gasteiger charge is -2.22. The summed E-state index contributed by atoms with van der Waals surface area (Å²) < 4.78 is 38.7. The second kappa shape index (κ2) is 10.7. The Morgan fingerprint density at radius 2 is 1.81 bits per heavy atom. The third-order valence-corrected chi connectivity index (χ3v) is 7.27. The molecule has 0 unspecified atom stereocenters. The van der Waals surface area contributed by atoms with Crippen LogP contribution in [0, 0.1) is 5.92 Å². The van der Waals surface area contributed by atoms with Gasteiger partial charge in [0.1, 0.15) is 12.1 Å². The lowest BCUT2D eigenvalue weighted by atomic mass is 10.0. The third kappa shape index (κ3) is 5.61. The number of hydrogen-bond acceptors (Lipinski definition) is 5. The van der Waals surface area contributed by atoms with Crippen LogP contribution in [0.1, 0.15) is 24.5 Å². The van der Waals surface area contributed by atoms with Crippen LogP contribution in [0.5, 0.6) is 0 Å². The van der Waals surface area contributed by atoms with Crippen LogP contribution in [0.4, 0.5) is 0 Å². The van der Waals surface area contributed by atoms with E-state index in [-0.39, 0.29) is 23.0 Å². The maximum Gasteiger partial charge on any atom is 0.242 e. The molecule has 31 heavy (non-hydrogen) atoms. The van der Waals surface area contributed by atoms with Crippen molar-refractivity contribution in [2.24, 2.45) is 10.9 Å². The highest BCUT2D eigenvalue weighted by atomic mass is 32.2. The van der Waals surface area contributed by atoms with Gasteiger partial charge in [0, 0.05) is 26.6 Å². The van der Waals surface area contributed by atoms with Gasteiger partial charge < -0.3 is 9.47 Å². The normalized spacial score (nSPS) is 19.6. The predicted octanol–water partition coefficient (Wildman–Crippen LogP) is 4.07. The molecule has 2 aromatic carbocycles. The fourth-order valence-electron chi connectivity index (χ4n) is 3.67. The van der Waals surface area contributed by atoms with Gasteiger partial charge in [-0.05, 0) is 30.5 Å².